The van der Waals surface area contributed by atoms with Gasteiger partial charge in [-0.25, -0.2) is 9.97 Å². The molecule has 0 radical (unpaired) electrons. The smallest absolute Gasteiger partial charge is 0.257 e. The standard InChI is InChI=1S/C31H35N5O3S/c1-19-15-25(39-6)23(30(38)36-13-11-35(12-14-36)20(2)37)16-26(19)40-27-18-33-29-28(34-27)24(17-32-29)21-7-9-22(10-8-21)31(3,4)5/h7-10,15-18H,11-14H2,1-6H3,(H,32,33). The number of methoxy groups -OCH3 is 1. The van der Waals surface area contributed by atoms with E-state index >= 15 is 0 Å². The van der Waals surface area contributed by atoms with Crippen molar-refractivity contribution >= 4 is 34.7 Å². The van der Waals surface area contributed by atoms with Gasteiger partial charge in [0.25, 0.3) is 5.91 Å². The van der Waals surface area contributed by atoms with Crippen molar-refractivity contribution in [3.05, 3.63) is 65.5 Å². The largest absolute Gasteiger partial charge is 0.496 e. The number of H-pyrrole nitrogens is 1. The van der Waals surface area contributed by atoms with Gasteiger partial charge in [-0.3, -0.25) is 9.59 Å². The summed E-state index contributed by atoms with van der Waals surface area (Å²) in [6.07, 6.45) is 3.70. The molecule has 1 N–H and O–H groups in total. The summed E-state index contributed by atoms with van der Waals surface area (Å²) in [7, 11) is 1.58. The lowest BCUT2D eigenvalue weighted by Gasteiger charge is -2.34. The van der Waals surface area contributed by atoms with E-state index in [0.29, 0.717) is 37.5 Å². The van der Waals surface area contributed by atoms with Gasteiger partial charge >= 0.3 is 0 Å². The van der Waals surface area contributed by atoms with Crippen LogP contribution in [0.4, 0.5) is 0 Å². The third-order valence-electron chi connectivity index (χ3n) is 7.37. The molecular formula is C31H35N5O3S. The summed E-state index contributed by atoms with van der Waals surface area (Å²) in [5.74, 6) is 0.466. The molecule has 9 heteroatoms. The normalized spacial score (nSPS) is 14.1. The van der Waals surface area contributed by atoms with Crippen LogP contribution in [0, 0.1) is 6.92 Å². The van der Waals surface area contributed by atoms with Gasteiger partial charge in [0.1, 0.15) is 16.3 Å². The van der Waals surface area contributed by atoms with Crippen molar-refractivity contribution in [3.63, 3.8) is 0 Å². The maximum absolute atomic E-state index is 13.5. The number of aromatic amines is 1. The van der Waals surface area contributed by atoms with Crippen LogP contribution in [-0.2, 0) is 10.2 Å². The second-order valence-electron chi connectivity index (χ2n) is 11.2. The molecule has 4 aromatic rings. The molecular weight excluding hydrogens is 522 g/mol. The number of aromatic nitrogens is 3. The molecule has 2 aromatic heterocycles. The number of nitrogens with zero attached hydrogens (tertiary/aromatic N) is 4. The molecule has 1 saturated heterocycles. The highest BCUT2D eigenvalue weighted by atomic mass is 32.2. The lowest BCUT2D eigenvalue weighted by molar-refractivity contribution is -0.130. The second kappa shape index (κ2) is 11.0. The van der Waals surface area contributed by atoms with E-state index in [0.717, 1.165) is 37.8 Å². The summed E-state index contributed by atoms with van der Waals surface area (Å²) in [5.41, 5.74) is 6.45. The lowest BCUT2D eigenvalue weighted by atomic mass is 9.86. The van der Waals surface area contributed by atoms with Gasteiger partial charge in [-0.1, -0.05) is 56.8 Å². The SMILES string of the molecule is COc1cc(C)c(Sc2cnc3[nH]cc(-c4ccc(C(C)(C)C)cc4)c3n2)cc1C(=O)N1CCN(C(C)=O)CC1. The van der Waals surface area contributed by atoms with Gasteiger partial charge in [0.15, 0.2) is 5.65 Å². The van der Waals surface area contributed by atoms with E-state index in [9.17, 15) is 9.59 Å². The molecule has 1 aliphatic rings. The van der Waals surface area contributed by atoms with Crippen molar-refractivity contribution in [3.8, 4) is 16.9 Å². The topological polar surface area (TPSA) is 91.4 Å². The molecule has 5 rings (SSSR count). The number of amides is 2. The minimum atomic E-state index is -0.102. The molecule has 2 amide bonds. The number of carbonyl (C=O) groups excluding carboxylic acids is 2. The number of hydrogen-bond donors (Lipinski definition) is 1. The average molecular weight is 558 g/mol. The maximum atomic E-state index is 13.5. The molecule has 8 nitrogen and oxygen atoms in total. The lowest BCUT2D eigenvalue weighted by Crippen LogP contribution is -2.50. The number of fused-ring (bicyclic) bond motifs is 1. The van der Waals surface area contributed by atoms with E-state index in [2.05, 4.69) is 55.0 Å². The molecule has 0 aliphatic carbocycles. The maximum Gasteiger partial charge on any atom is 0.257 e. The number of benzene rings is 2. The highest BCUT2D eigenvalue weighted by Crippen LogP contribution is 2.36. The number of hydrogen-bond acceptors (Lipinski definition) is 6. The first-order valence-corrected chi connectivity index (χ1v) is 14.2. The van der Waals surface area contributed by atoms with E-state index < -0.39 is 0 Å². The number of rotatable bonds is 5. The van der Waals surface area contributed by atoms with Crippen LogP contribution in [0.3, 0.4) is 0 Å². The van der Waals surface area contributed by atoms with Crippen molar-refractivity contribution in [2.24, 2.45) is 0 Å². The van der Waals surface area contributed by atoms with Crippen LogP contribution in [0.2, 0.25) is 0 Å². The fourth-order valence-corrected chi connectivity index (χ4v) is 5.77. The van der Waals surface area contributed by atoms with E-state index in [4.69, 9.17) is 9.72 Å². The third kappa shape index (κ3) is 5.56. The van der Waals surface area contributed by atoms with Crippen LogP contribution in [0.5, 0.6) is 5.75 Å². The molecule has 0 atom stereocenters. The minimum Gasteiger partial charge on any atom is -0.496 e. The Morgan fingerprint density at radius 3 is 2.33 bits per heavy atom. The van der Waals surface area contributed by atoms with E-state index in [1.165, 1.54) is 17.3 Å². The fourth-order valence-electron chi connectivity index (χ4n) is 4.91. The van der Waals surface area contributed by atoms with Gasteiger partial charge in [0.2, 0.25) is 5.91 Å². The Morgan fingerprint density at radius 1 is 1.02 bits per heavy atom. The van der Waals surface area contributed by atoms with Crippen molar-refractivity contribution in [2.45, 2.75) is 50.0 Å². The number of piperazine rings is 1. The molecule has 1 fully saturated rings. The van der Waals surface area contributed by atoms with Crippen molar-refractivity contribution in [1.82, 2.24) is 24.8 Å². The number of nitrogens with one attached hydrogen (secondary N) is 1. The summed E-state index contributed by atoms with van der Waals surface area (Å²) < 4.78 is 5.59. The predicted octanol–water partition coefficient (Wildman–Crippen LogP) is 5.69. The van der Waals surface area contributed by atoms with Crippen LogP contribution in [0.25, 0.3) is 22.3 Å². The zero-order valence-electron chi connectivity index (χ0n) is 23.9. The first-order valence-electron chi connectivity index (χ1n) is 13.4. The van der Waals surface area contributed by atoms with Gasteiger partial charge in [0, 0.05) is 49.8 Å². The molecule has 40 heavy (non-hydrogen) atoms. The first-order chi connectivity index (χ1) is 19.0. The monoisotopic (exact) mass is 557 g/mol. The minimum absolute atomic E-state index is 0.0317. The van der Waals surface area contributed by atoms with Crippen LogP contribution >= 0.6 is 11.8 Å². The van der Waals surface area contributed by atoms with Crippen molar-refractivity contribution in [1.29, 1.82) is 0 Å². The van der Waals surface area contributed by atoms with Gasteiger partial charge in [0.05, 0.1) is 18.9 Å². The van der Waals surface area contributed by atoms with E-state index in [1.807, 2.05) is 25.3 Å². The first kappa shape index (κ1) is 27.7. The van der Waals surface area contributed by atoms with Crippen molar-refractivity contribution < 1.29 is 14.3 Å². The molecule has 0 unspecified atom stereocenters. The molecule has 1 aliphatic heterocycles. The summed E-state index contributed by atoms with van der Waals surface area (Å²) >= 11 is 1.48. The van der Waals surface area contributed by atoms with Gasteiger partial charge in [-0.2, -0.15) is 0 Å². The molecule has 0 saturated carbocycles. The van der Waals surface area contributed by atoms with Crippen LogP contribution in [-0.4, -0.2) is 69.9 Å². The summed E-state index contributed by atoms with van der Waals surface area (Å²) in [4.78, 5) is 42.5. The Labute approximate surface area is 239 Å². The zero-order chi connectivity index (χ0) is 28.6. The van der Waals surface area contributed by atoms with Gasteiger partial charge in [-0.15, -0.1) is 0 Å². The fraction of sp³-hybridized carbons (Fsp3) is 0.355. The number of ether oxygens (including phenoxy) is 1. The highest BCUT2D eigenvalue weighted by Gasteiger charge is 2.26. The Balaban J connectivity index is 1.42. The summed E-state index contributed by atoms with van der Waals surface area (Å²) in [5, 5.41) is 0.737. The van der Waals surface area contributed by atoms with Crippen molar-refractivity contribution in [2.75, 3.05) is 33.3 Å². The quantitative estimate of drug-likeness (QED) is 0.339. The molecule has 0 spiro atoms. The molecule has 3 heterocycles. The van der Waals surface area contributed by atoms with E-state index in [-0.39, 0.29) is 17.2 Å². The van der Waals surface area contributed by atoms with E-state index in [1.54, 1.807) is 30.0 Å². The third-order valence-corrected chi connectivity index (χ3v) is 8.44. The number of aryl methyl sites for hydroxylation is 1. The Hall–Kier alpha value is -3.85. The van der Waals surface area contributed by atoms with Crippen LogP contribution in [0.15, 0.2) is 58.7 Å². The Kier molecular flexibility index (Phi) is 7.59. The molecule has 0 bridgehead atoms. The van der Waals surface area contributed by atoms with Crippen LogP contribution < -0.4 is 4.74 Å². The Bertz CT molecular complexity index is 1560. The van der Waals surface area contributed by atoms with Gasteiger partial charge in [-0.05, 0) is 41.2 Å². The highest BCUT2D eigenvalue weighted by molar-refractivity contribution is 7.99. The Morgan fingerprint density at radius 2 is 1.70 bits per heavy atom. The zero-order valence-corrected chi connectivity index (χ0v) is 24.7. The predicted molar refractivity (Wildman–Crippen MR) is 158 cm³/mol. The summed E-state index contributed by atoms with van der Waals surface area (Å²) in [6.45, 7) is 12.2. The summed E-state index contributed by atoms with van der Waals surface area (Å²) in [6, 6.07) is 12.4. The van der Waals surface area contributed by atoms with Crippen LogP contribution in [0.1, 0.15) is 49.2 Å². The molecule has 2 aromatic carbocycles. The second-order valence-corrected chi connectivity index (χ2v) is 12.2. The molecule has 208 valence electrons. The average Bonchev–Trinajstić information content (AvgIpc) is 3.36. The number of carbonyl (C=O) groups is 2. The van der Waals surface area contributed by atoms with Gasteiger partial charge < -0.3 is 19.5 Å².